The maximum absolute atomic E-state index is 12.3. The highest BCUT2D eigenvalue weighted by Gasteiger charge is 2.13. The number of anilines is 1. The summed E-state index contributed by atoms with van der Waals surface area (Å²) in [7, 11) is 0. The summed E-state index contributed by atoms with van der Waals surface area (Å²) in [6.07, 6.45) is 1.62. The molecule has 3 rings (SSSR count). The minimum Gasteiger partial charge on any atom is -0.462 e. The van der Waals surface area contributed by atoms with E-state index in [1.165, 1.54) is 11.8 Å². The summed E-state index contributed by atoms with van der Waals surface area (Å²) >= 11 is 1.30. The smallest absolute Gasteiger partial charge is 0.338 e. The predicted molar refractivity (Wildman–Crippen MR) is 115 cm³/mol. The van der Waals surface area contributed by atoms with Gasteiger partial charge in [0.15, 0.2) is 5.16 Å². The number of ether oxygens (including phenoxy) is 1. The van der Waals surface area contributed by atoms with E-state index >= 15 is 0 Å². The van der Waals surface area contributed by atoms with Gasteiger partial charge in [0, 0.05) is 12.2 Å². The number of carbonyl (C=O) groups excluding carboxylic acids is 2. The number of esters is 1. The number of amides is 1. The number of nitrogens with one attached hydrogen (secondary N) is 1. The molecule has 0 fully saturated rings. The van der Waals surface area contributed by atoms with Crippen LogP contribution in [0.1, 0.15) is 28.5 Å². The second-order valence-corrected chi connectivity index (χ2v) is 7.34. The minimum absolute atomic E-state index is 0.126. The molecule has 2 N–H and O–H groups in total. The summed E-state index contributed by atoms with van der Waals surface area (Å²) in [6, 6.07) is 16.4. The second kappa shape index (κ2) is 10.6. The fourth-order valence-corrected chi connectivity index (χ4v) is 3.60. The number of hydrogen-bond donors (Lipinski definition) is 2. The van der Waals surface area contributed by atoms with Gasteiger partial charge in [0.25, 0.3) is 0 Å². The average Bonchev–Trinajstić information content (AvgIpc) is 3.15. The molecule has 1 aromatic heterocycles. The van der Waals surface area contributed by atoms with Crippen molar-refractivity contribution in [1.29, 1.82) is 0 Å². The van der Waals surface area contributed by atoms with Crippen LogP contribution in [-0.4, -0.2) is 38.9 Å². The summed E-state index contributed by atoms with van der Waals surface area (Å²) in [5, 5.41) is 13.1. The molecule has 1 amide bonds. The third kappa shape index (κ3) is 5.71. The largest absolute Gasteiger partial charge is 0.462 e. The van der Waals surface area contributed by atoms with E-state index in [1.54, 1.807) is 37.4 Å². The fourth-order valence-electron chi connectivity index (χ4n) is 2.80. The van der Waals surface area contributed by atoms with E-state index in [-0.39, 0.29) is 18.3 Å². The zero-order valence-corrected chi connectivity index (χ0v) is 17.4. The Labute approximate surface area is 179 Å². The topological polar surface area (TPSA) is 93.4 Å². The molecule has 0 aliphatic heterocycles. The molecular weight excluding hydrogens is 402 g/mol. The molecule has 0 atom stereocenters. The van der Waals surface area contributed by atoms with Crippen molar-refractivity contribution >= 4 is 29.3 Å². The van der Waals surface area contributed by atoms with Crippen LogP contribution in [-0.2, 0) is 22.7 Å². The molecule has 3 aromatic rings. The minimum atomic E-state index is -0.393. The Morgan fingerprint density at radius 1 is 1.13 bits per heavy atom. The van der Waals surface area contributed by atoms with Gasteiger partial charge in [0.2, 0.25) is 5.91 Å². The number of carbonyl (C=O) groups is 2. The molecule has 2 aromatic carbocycles. The monoisotopic (exact) mass is 425 g/mol. The number of aliphatic hydroxyl groups is 1. The summed E-state index contributed by atoms with van der Waals surface area (Å²) in [5.41, 5.74) is 2.80. The van der Waals surface area contributed by atoms with E-state index in [2.05, 4.69) is 10.3 Å². The van der Waals surface area contributed by atoms with E-state index in [9.17, 15) is 14.7 Å². The van der Waals surface area contributed by atoms with Crippen molar-refractivity contribution in [3.8, 4) is 0 Å². The first-order valence-corrected chi connectivity index (χ1v) is 10.5. The Balaban J connectivity index is 1.59. The summed E-state index contributed by atoms with van der Waals surface area (Å²) in [4.78, 5) is 28.4. The first-order valence-electron chi connectivity index (χ1n) is 9.49. The van der Waals surface area contributed by atoms with E-state index in [0.717, 1.165) is 5.56 Å². The fraction of sp³-hybridized carbons (Fsp3) is 0.227. The molecule has 7 nitrogen and oxygen atoms in total. The molecule has 30 heavy (non-hydrogen) atoms. The highest BCUT2D eigenvalue weighted by atomic mass is 32.2. The molecule has 0 radical (unpaired) electrons. The Morgan fingerprint density at radius 3 is 2.53 bits per heavy atom. The normalized spacial score (nSPS) is 10.6. The van der Waals surface area contributed by atoms with Gasteiger partial charge < -0.3 is 19.7 Å². The zero-order chi connectivity index (χ0) is 21.3. The molecule has 8 heteroatoms. The molecule has 0 aliphatic rings. The number of hydrogen-bond acceptors (Lipinski definition) is 6. The average molecular weight is 426 g/mol. The lowest BCUT2D eigenvalue weighted by atomic mass is 10.2. The number of aliphatic hydroxyl groups excluding tert-OH is 1. The molecule has 0 spiro atoms. The number of rotatable bonds is 9. The lowest BCUT2D eigenvalue weighted by molar-refractivity contribution is -0.113. The van der Waals surface area contributed by atoms with Crippen LogP contribution >= 0.6 is 11.8 Å². The third-order valence-corrected chi connectivity index (χ3v) is 5.25. The Hall–Kier alpha value is -3.10. The van der Waals surface area contributed by atoms with E-state index < -0.39 is 5.97 Å². The van der Waals surface area contributed by atoms with E-state index in [1.807, 2.05) is 34.9 Å². The highest BCUT2D eigenvalue weighted by molar-refractivity contribution is 7.99. The van der Waals surface area contributed by atoms with Crippen LogP contribution < -0.4 is 5.32 Å². The van der Waals surface area contributed by atoms with Crippen LogP contribution in [0.2, 0.25) is 0 Å². The summed E-state index contributed by atoms with van der Waals surface area (Å²) in [6.45, 7) is 2.50. The molecular formula is C22H23N3O4S. The van der Waals surface area contributed by atoms with Crippen molar-refractivity contribution in [3.63, 3.8) is 0 Å². The van der Waals surface area contributed by atoms with Gasteiger partial charge in [-0.25, -0.2) is 9.78 Å². The van der Waals surface area contributed by atoms with Crippen LogP contribution in [0.25, 0.3) is 0 Å². The molecule has 156 valence electrons. The highest BCUT2D eigenvalue weighted by Crippen LogP contribution is 2.21. The van der Waals surface area contributed by atoms with Crippen LogP contribution in [0.15, 0.2) is 66.0 Å². The van der Waals surface area contributed by atoms with Crippen molar-refractivity contribution in [1.82, 2.24) is 9.55 Å². The predicted octanol–water partition coefficient (Wildman–Crippen LogP) is 3.33. The van der Waals surface area contributed by atoms with Crippen molar-refractivity contribution in [2.75, 3.05) is 17.7 Å². The van der Waals surface area contributed by atoms with Gasteiger partial charge in [-0.1, -0.05) is 42.1 Å². The number of benzene rings is 2. The first kappa shape index (κ1) is 21.6. The lowest BCUT2D eigenvalue weighted by Gasteiger charge is -2.11. The number of aromatic nitrogens is 2. The second-order valence-electron chi connectivity index (χ2n) is 6.40. The van der Waals surface area contributed by atoms with Crippen LogP contribution in [0.3, 0.4) is 0 Å². The van der Waals surface area contributed by atoms with Gasteiger partial charge in [-0.2, -0.15) is 0 Å². The van der Waals surface area contributed by atoms with Crippen molar-refractivity contribution in [2.45, 2.75) is 25.2 Å². The van der Waals surface area contributed by atoms with Crippen molar-refractivity contribution < 1.29 is 19.4 Å². The van der Waals surface area contributed by atoms with Gasteiger partial charge >= 0.3 is 5.97 Å². The molecule has 0 saturated carbocycles. The summed E-state index contributed by atoms with van der Waals surface area (Å²) in [5.74, 6) is -0.421. The lowest BCUT2D eigenvalue weighted by Crippen LogP contribution is -2.15. The van der Waals surface area contributed by atoms with Crippen LogP contribution in [0.4, 0.5) is 5.69 Å². The van der Waals surface area contributed by atoms with Crippen LogP contribution in [0, 0.1) is 0 Å². The molecule has 0 bridgehead atoms. The van der Waals surface area contributed by atoms with Crippen LogP contribution in [0.5, 0.6) is 0 Å². The Bertz CT molecular complexity index is 987. The Morgan fingerprint density at radius 2 is 1.87 bits per heavy atom. The standard InChI is InChI=1S/C22H23N3O4S/c1-2-29-21(28)17-8-10-18(11-9-17)24-20(27)15-30-22-23-12-19(14-26)25(22)13-16-6-4-3-5-7-16/h3-12,26H,2,13-15H2,1H3,(H,24,27). The van der Waals surface area contributed by atoms with Gasteiger partial charge in [0.05, 0.1) is 36.4 Å². The maximum atomic E-state index is 12.3. The molecule has 1 heterocycles. The van der Waals surface area contributed by atoms with Crippen molar-refractivity contribution in [3.05, 3.63) is 77.6 Å². The van der Waals surface area contributed by atoms with Crippen molar-refractivity contribution in [2.24, 2.45) is 0 Å². The number of nitrogens with zero attached hydrogens (tertiary/aromatic N) is 2. The Kier molecular flexibility index (Phi) is 7.64. The quantitative estimate of drug-likeness (QED) is 0.403. The number of imidazole rings is 1. The van der Waals surface area contributed by atoms with Gasteiger partial charge in [0.1, 0.15) is 0 Å². The van der Waals surface area contributed by atoms with Gasteiger partial charge in [-0.05, 0) is 36.8 Å². The van der Waals surface area contributed by atoms with E-state index in [0.29, 0.717) is 35.3 Å². The van der Waals surface area contributed by atoms with Gasteiger partial charge in [-0.15, -0.1) is 0 Å². The molecule has 0 unspecified atom stereocenters. The molecule has 0 aliphatic carbocycles. The first-order chi connectivity index (χ1) is 14.6. The zero-order valence-electron chi connectivity index (χ0n) is 16.6. The van der Waals surface area contributed by atoms with E-state index in [4.69, 9.17) is 4.74 Å². The maximum Gasteiger partial charge on any atom is 0.338 e. The summed E-state index contributed by atoms with van der Waals surface area (Å²) < 4.78 is 6.85. The SMILES string of the molecule is CCOC(=O)c1ccc(NC(=O)CSc2ncc(CO)n2Cc2ccccc2)cc1. The van der Waals surface area contributed by atoms with Gasteiger partial charge in [-0.3, -0.25) is 4.79 Å². The molecule has 0 saturated heterocycles. The third-order valence-electron chi connectivity index (χ3n) is 4.26. The number of thioether (sulfide) groups is 1.